The van der Waals surface area contributed by atoms with Crippen molar-refractivity contribution in [2.45, 2.75) is 38.6 Å². The van der Waals surface area contributed by atoms with Gasteiger partial charge in [0, 0.05) is 25.1 Å². The molecule has 0 saturated carbocycles. The maximum atomic E-state index is 12.1. The van der Waals surface area contributed by atoms with Crippen molar-refractivity contribution < 1.29 is 23.4 Å². The van der Waals surface area contributed by atoms with Crippen molar-refractivity contribution in [3.8, 4) is 16.9 Å². The summed E-state index contributed by atoms with van der Waals surface area (Å²) in [6, 6.07) is 14.6. The van der Waals surface area contributed by atoms with Gasteiger partial charge >= 0.3 is 5.97 Å². The highest BCUT2D eigenvalue weighted by Gasteiger charge is 2.16. The van der Waals surface area contributed by atoms with Crippen LogP contribution in [0.25, 0.3) is 11.1 Å². The van der Waals surface area contributed by atoms with E-state index >= 15 is 0 Å². The molecular formula is C21H27NO5S. The van der Waals surface area contributed by atoms with E-state index < -0.39 is 16.0 Å². The minimum absolute atomic E-state index is 0.152. The first-order valence-electron chi connectivity index (χ1n) is 9.31. The molecule has 0 saturated heterocycles. The molecular weight excluding hydrogens is 378 g/mol. The van der Waals surface area contributed by atoms with Crippen LogP contribution in [0, 0.1) is 0 Å². The fraction of sp³-hybridized carbons (Fsp3) is 0.381. The predicted molar refractivity (Wildman–Crippen MR) is 110 cm³/mol. The summed E-state index contributed by atoms with van der Waals surface area (Å²) in [5, 5.41) is 18.6. The first-order valence-corrected chi connectivity index (χ1v) is 11.2. The van der Waals surface area contributed by atoms with Crippen LogP contribution in [0.5, 0.6) is 5.75 Å². The van der Waals surface area contributed by atoms with Gasteiger partial charge in [0.25, 0.3) is 0 Å². The second-order valence-electron chi connectivity index (χ2n) is 6.87. The number of hydrogen-bond acceptors (Lipinski definition) is 4. The van der Waals surface area contributed by atoms with Gasteiger partial charge in [0.2, 0.25) is 10.0 Å². The van der Waals surface area contributed by atoms with Crippen LogP contribution in [0.2, 0.25) is 0 Å². The lowest BCUT2D eigenvalue weighted by Crippen LogP contribution is -2.30. The SMILES string of the molecule is CS(=O)(=O)N(CCCCCCC(=O)O)Cc1ccc(-c2ccccc2O)cc1. The van der Waals surface area contributed by atoms with E-state index in [1.165, 1.54) is 10.6 Å². The van der Waals surface area contributed by atoms with E-state index in [2.05, 4.69) is 0 Å². The normalized spacial score (nSPS) is 11.6. The molecule has 2 aromatic carbocycles. The zero-order valence-corrected chi connectivity index (χ0v) is 16.9. The fourth-order valence-corrected chi connectivity index (χ4v) is 3.84. The molecule has 2 rings (SSSR count). The molecule has 2 N–H and O–H groups in total. The van der Waals surface area contributed by atoms with E-state index in [4.69, 9.17) is 5.11 Å². The van der Waals surface area contributed by atoms with Crippen LogP contribution in [0.1, 0.15) is 37.7 Å². The Morgan fingerprint density at radius 1 is 0.964 bits per heavy atom. The lowest BCUT2D eigenvalue weighted by molar-refractivity contribution is -0.137. The van der Waals surface area contributed by atoms with E-state index in [-0.39, 0.29) is 18.7 Å². The predicted octanol–water partition coefficient (Wildman–Crippen LogP) is 3.86. The van der Waals surface area contributed by atoms with Gasteiger partial charge in [-0.1, -0.05) is 55.3 Å². The summed E-state index contributed by atoms with van der Waals surface area (Å²) in [6.45, 7) is 0.697. The number of aromatic hydroxyl groups is 1. The van der Waals surface area contributed by atoms with Gasteiger partial charge in [0.15, 0.2) is 0 Å². The molecule has 0 unspecified atom stereocenters. The van der Waals surface area contributed by atoms with Crippen molar-refractivity contribution in [3.63, 3.8) is 0 Å². The molecule has 28 heavy (non-hydrogen) atoms. The van der Waals surface area contributed by atoms with Gasteiger partial charge in [-0.25, -0.2) is 8.42 Å². The third kappa shape index (κ3) is 6.98. The molecule has 152 valence electrons. The van der Waals surface area contributed by atoms with Crippen molar-refractivity contribution in [1.29, 1.82) is 0 Å². The Morgan fingerprint density at radius 2 is 1.61 bits per heavy atom. The van der Waals surface area contributed by atoms with Crippen LogP contribution in [0.15, 0.2) is 48.5 Å². The molecule has 0 heterocycles. The maximum absolute atomic E-state index is 12.1. The van der Waals surface area contributed by atoms with Gasteiger partial charge in [-0.3, -0.25) is 4.79 Å². The number of aliphatic carboxylic acids is 1. The Bertz CT molecular complexity index is 878. The summed E-state index contributed by atoms with van der Waals surface area (Å²) < 4.78 is 25.6. The van der Waals surface area contributed by atoms with Gasteiger partial charge in [-0.05, 0) is 30.0 Å². The molecule has 0 bridgehead atoms. The van der Waals surface area contributed by atoms with Gasteiger partial charge in [0.05, 0.1) is 6.26 Å². The Hall–Kier alpha value is -2.38. The molecule has 0 aromatic heterocycles. The minimum Gasteiger partial charge on any atom is -0.507 e. The summed E-state index contributed by atoms with van der Waals surface area (Å²) in [4.78, 5) is 10.5. The lowest BCUT2D eigenvalue weighted by Gasteiger charge is -2.20. The van der Waals surface area contributed by atoms with Gasteiger partial charge in [0.1, 0.15) is 5.75 Å². The molecule has 2 aromatic rings. The summed E-state index contributed by atoms with van der Waals surface area (Å²) >= 11 is 0. The Kier molecular flexibility index (Phi) is 8.02. The highest BCUT2D eigenvalue weighted by atomic mass is 32.2. The molecule has 0 spiro atoms. The first kappa shape index (κ1) is 21.9. The molecule has 0 aliphatic heterocycles. The molecule has 0 radical (unpaired) electrons. The van der Waals surface area contributed by atoms with Crippen LogP contribution in [-0.4, -0.2) is 41.7 Å². The van der Waals surface area contributed by atoms with E-state index in [1.54, 1.807) is 12.1 Å². The number of nitrogens with zero attached hydrogens (tertiary/aromatic N) is 1. The number of sulfonamides is 1. The largest absolute Gasteiger partial charge is 0.507 e. The molecule has 0 atom stereocenters. The molecule has 0 amide bonds. The Balaban J connectivity index is 1.95. The number of rotatable bonds is 11. The number of unbranched alkanes of at least 4 members (excludes halogenated alkanes) is 3. The third-order valence-corrected chi connectivity index (χ3v) is 5.79. The second-order valence-corrected chi connectivity index (χ2v) is 8.85. The highest BCUT2D eigenvalue weighted by Crippen LogP contribution is 2.28. The maximum Gasteiger partial charge on any atom is 0.303 e. The van der Waals surface area contributed by atoms with E-state index in [1.807, 2.05) is 36.4 Å². The van der Waals surface area contributed by atoms with Gasteiger partial charge in [-0.15, -0.1) is 0 Å². The Morgan fingerprint density at radius 3 is 2.21 bits per heavy atom. The van der Waals surface area contributed by atoms with E-state index in [0.29, 0.717) is 19.4 Å². The number of phenols is 1. The van der Waals surface area contributed by atoms with Crippen LogP contribution < -0.4 is 0 Å². The molecule has 0 aliphatic carbocycles. The van der Waals surface area contributed by atoms with Gasteiger partial charge < -0.3 is 10.2 Å². The van der Waals surface area contributed by atoms with Crippen molar-refractivity contribution in [2.24, 2.45) is 0 Å². The molecule has 7 heteroatoms. The number of hydrogen-bond donors (Lipinski definition) is 2. The number of phenolic OH excluding ortho intramolecular Hbond substituents is 1. The lowest BCUT2D eigenvalue weighted by atomic mass is 10.0. The van der Waals surface area contributed by atoms with E-state index in [0.717, 1.165) is 29.5 Å². The van der Waals surface area contributed by atoms with Crippen LogP contribution in [0.3, 0.4) is 0 Å². The number of benzene rings is 2. The van der Waals surface area contributed by atoms with E-state index in [9.17, 15) is 18.3 Å². The van der Waals surface area contributed by atoms with Crippen molar-refractivity contribution in [3.05, 3.63) is 54.1 Å². The number of carboxylic acid groups (broad SMARTS) is 1. The summed E-state index contributed by atoms with van der Waals surface area (Å²) in [5.41, 5.74) is 2.47. The summed E-state index contributed by atoms with van der Waals surface area (Å²) in [7, 11) is -3.34. The topological polar surface area (TPSA) is 94.9 Å². The summed E-state index contributed by atoms with van der Waals surface area (Å²) in [5.74, 6) is -0.596. The third-order valence-electron chi connectivity index (χ3n) is 4.55. The monoisotopic (exact) mass is 405 g/mol. The zero-order chi connectivity index (χ0) is 20.6. The van der Waals surface area contributed by atoms with Crippen molar-refractivity contribution >= 4 is 16.0 Å². The number of carboxylic acids is 1. The van der Waals surface area contributed by atoms with Crippen LogP contribution in [0.4, 0.5) is 0 Å². The number of carbonyl (C=O) groups is 1. The second kappa shape index (κ2) is 10.2. The molecule has 6 nitrogen and oxygen atoms in total. The van der Waals surface area contributed by atoms with Gasteiger partial charge in [-0.2, -0.15) is 4.31 Å². The Labute approximate surface area is 166 Å². The van der Waals surface area contributed by atoms with Crippen LogP contribution in [-0.2, 0) is 21.4 Å². The quantitative estimate of drug-likeness (QED) is 0.554. The standard InChI is InChI=1S/C21H27NO5S/c1-28(26,27)22(15-7-3-2-4-10-21(24)25)16-17-11-13-18(14-12-17)19-8-5-6-9-20(19)23/h5-6,8-9,11-14,23H,2-4,7,10,15-16H2,1H3,(H,24,25). The minimum atomic E-state index is -3.34. The average Bonchev–Trinajstić information content (AvgIpc) is 2.63. The zero-order valence-electron chi connectivity index (χ0n) is 16.0. The van der Waals surface area contributed by atoms with Crippen LogP contribution >= 0.6 is 0 Å². The fourth-order valence-electron chi connectivity index (χ4n) is 2.99. The van der Waals surface area contributed by atoms with Crippen molar-refractivity contribution in [2.75, 3.05) is 12.8 Å². The summed E-state index contributed by atoms with van der Waals surface area (Å²) in [6.07, 6.45) is 4.24. The molecule has 0 fully saturated rings. The first-order chi connectivity index (χ1) is 13.3. The average molecular weight is 406 g/mol. The van der Waals surface area contributed by atoms with Crippen molar-refractivity contribution in [1.82, 2.24) is 4.31 Å². The smallest absolute Gasteiger partial charge is 0.303 e. The molecule has 0 aliphatic rings. The number of para-hydroxylation sites is 1. The highest BCUT2D eigenvalue weighted by molar-refractivity contribution is 7.88.